The molecule has 10 heteroatoms. The van der Waals surface area contributed by atoms with Gasteiger partial charge in [-0.1, -0.05) is 72.8 Å². The number of ether oxygens (including phenoxy) is 2. The molecule has 2 amide bonds. The molecular weight excluding hydrogens is 580 g/mol. The van der Waals surface area contributed by atoms with Gasteiger partial charge in [-0.2, -0.15) is 5.10 Å². The second kappa shape index (κ2) is 13.6. The van der Waals surface area contributed by atoms with E-state index in [1.165, 1.54) is 0 Å². The van der Waals surface area contributed by atoms with Crippen molar-refractivity contribution in [3.8, 4) is 11.1 Å². The minimum atomic E-state index is -0.256. The molecule has 0 atom stereocenters. The number of hydrogen-bond acceptors (Lipinski definition) is 6. The van der Waals surface area contributed by atoms with Gasteiger partial charge in [0, 0.05) is 44.5 Å². The zero-order chi connectivity index (χ0) is 31.3. The van der Waals surface area contributed by atoms with E-state index in [-0.39, 0.29) is 18.6 Å². The maximum Gasteiger partial charge on any atom is 0.410 e. The van der Waals surface area contributed by atoms with E-state index >= 15 is 0 Å². The zero-order valence-corrected chi connectivity index (χ0v) is 25.8. The summed E-state index contributed by atoms with van der Waals surface area (Å²) in [6.45, 7) is 5.08. The number of carbonyl (C=O) groups is 2. The van der Waals surface area contributed by atoms with Crippen molar-refractivity contribution in [3.63, 3.8) is 0 Å². The Hall–Kier alpha value is -4.96. The number of benzene rings is 3. The number of nitrogens with zero attached hydrogens (tertiary/aromatic N) is 6. The van der Waals surface area contributed by atoms with Crippen LogP contribution < -0.4 is 0 Å². The molecule has 7 rings (SSSR count). The first-order valence-corrected chi connectivity index (χ1v) is 16.0. The van der Waals surface area contributed by atoms with E-state index in [0.717, 1.165) is 52.5 Å². The Morgan fingerprint density at radius 1 is 0.848 bits per heavy atom. The van der Waals surface area contributed by atoms with Crippen LogP contribution >= 0.6 is 0 Å². The molecule has 0 bridgehead atoms. The highest BCUT2D eigenvalue weighted by molar-refractivity contribution is 6.04. The summed E-state index contributed by atoms with van der Waals surface area (Å²) in [4.78, 5) is 34.6. The monoisotopic (exact) mass is 618 g/mol. The van der Waals surface area contributed by atoms with Crippen molar-refractivity contribution in [1.82, 2.24) is 29.1 Å². The molecule has 5 aromatic rings. The Balaban J connectivity index is 1.05. The lowest BCUT2D eigenvalue weighted by Crippen LogP contribution is -2.41. The van der Waals surface area contributed by atoms with Crippen LogP contribution in [0, 0.1) is 5.92 Å². The minimum Gasteiger partial charge on any atom is -0.445 e. The van der Waals surface area contributed by atoms with E-state index in [1.807, 2.05) is 76.8 Å². The smallest absolute Gasteiger partial charge is 0.410 e. The van der Waals surface area contributed by atoms with E-state index in [1.54, 1.807) is 4.90 Å². The van der Waals surface area contributed by atoms with Gasteiger partial charge < -0.3 is 23.8 Å². The number of carbonyl (C=O) groups excluding carboxylic acids is 2. The minimum absolute atomic E-state index is 0.0763. The predicted octanol–water partition coefficient (Wildman–Crippen LogP) is 5.47. The normalized spacial score (nSPS) is 15.7. The van der Waals surface area contributed by atoms with Gasteiger partial charge in [-0.05, 0) is 40.7 Å². The number of piperidine rings is 1. The molecule has 0 N–H and O–H groups in total. The number of imidazole rings is 1. The van der Waals surface area contributed by atoms with Crippen LogP contribution in [0.4, 0.5) is 4.79 Å². The summed E-state index contributed by atoms with van der Waals surface area (Å²) in [5.41, 5.74) is 4.27. The van der Waals surface area contributed by atoms with Crippen molar-refractivity contribution in [1.29, 1.82) is 0 Å². The predicted molar refractivity (Wildman–Crippen MR) is 174 cm³/mol. The highest BCUT2D eigenvalue weighted by atomic mass is 16.6. The zero-order valence-electron chi connectivity index (χ0n) is 25.8. The molecule has 4 heterocycles. The fraction of sp³-hybridized carbons (Fsp3) is 0.333. The summed E-state index contributed by atoms with van der Waals surface area (Å²) >= 11 is 0. The largest absolute Gasteiger partial charge is 0.445 e. The molecule has 236 valence electrons. The van der Waals surface area contributed by atoms with E-state index in [2.05, 4.69) is 33.8 Å². The maximum atomic E-state index is 13.8. The van der Waals surface area contributed by atoms with E-state index in [9.17, 15) is 9.59 Å². The van der Waals surface area contributed by atoms with E-state index in [4.69, 9.17) is 14.6 Å². The van der Waals surface area contributed by atoms with Crippen LogP contribution in [0.25, 0.3) is 21.9 Å². The SMILES string of the molecule is O=C(OCc1ccccc1)N1CCC(Cn2cncc2Cn2cc(-c3cccc4ccccc34)c(C(=O)N3CCOCC3)n2)CC1. The van der Waals surface area contributed by atoms with Crippen molar-refractivity contribution >= 4 is 22.8 Å². The number of morpholine rings is 1. The number of fused-ring (bicyclic) bond motifs is 1. The lowest BCUT2D eigenvalue weighted by molar-refractivity contribution is 0.0299. The summed E-state index contributed by atoms with van der Waals surface area (Å²) < 4.78 is 15.1. The lowest BCUT2D eigenvalue weighted by atomic mass is 9.97. The third kappa shape index (κ3) is 6.53. The Labute approximate surface area is 268 Å². The Bertz CT molecular complexity index is 1800. The van der Waals surface area contributed by atoms with Crippen molar-refractivity contribution in [2.45, 2.75) is 32.5 Å². The number of aromatic nitrogens is 4. The first-order valence-electron chi connectivity index (χ1n) is 16.0. The lowest BCUT2D eigenvalue weighted by Gasteiger charge is -2.31. The summed E-state index contributed by atoms with van der Waals surface area (Å²) in [5, 5.41) is 7.09. The summed E-state index contributed by atoms with van der Waals surface area (Å²) in [7, 11) is 0. The second-order valence-electron chi connectivity index (χ2n) is 12.0. The van der Waals surface area contributed by atoms with Crippen LogP contribution in [0.2, 0.25) is 0 Å². The molecule has 2 saturated heterocycles. The molecule has 0 radical (unpaired) electrons. The van der Waals surface area contributed by atoms with Gasteiger partial charge in [0.15, 0.2) is 5.69 Å². The number of rotatable bonds is 8. The second-order valence-corrected chi connectivity index (χ2v) is 12.0. The molecule has 2 aliphatic heterocycles. The highest BCUT2D eigenvalue weighted by Crippen LogP contribution is 2.32. The first kappa shape index (κ1) is 29.7. The Morgan fingerprint density at radius 2 is 1.61 bits per heavy atom. The molecule has 0 saturated carbocycles. The summed E-state index contributed by atoms with van der Waals surface area (Å²) in [6, 6.07) is 24.2. The standard InChI is InChI=1S/C36H38N6O4/c43-35(39-17-19-45-20-18-39)34-33(32-12-6-10-29-9-4-5-11-31(29)32)24-42(38-34)23-30-21-37-26-41(30)22-27-13-15-40(16-14-27)36(44)46-25-28-7-2-1-3-8-28/h1-12,21,24,26-27H,13-20,22-23,25H2. The molecule has 3 aromatic carbocycles. The summed E-state index contributed by atoms with van der Waals surface area (Å²) in [5.74, 6) is 0.334. The maximum absolute atomic E-state index is 13.8. The quantitative estimate of drug-likeness (QED) is 0.229. The molecule has 2 aromatic heterocycles. The van der Waals surface area contributed by atoms with Gasteiger partial charge in [0.25, 0.3) is 5.91 Å². The van der Waals surface area contributed by atoms with Crippen LogP contribution in [0.1, 0.15) is 34.6 Å². The highest BCUT2D eigenvalue weighted by Gasteiger charge is 2.27. The van der Waals surface area contributed by atoms with Crippen molar-refractivity contribution < 1.29 is 19.1 Å². The first-order chi connectivity index (χ1) is 22.6. The molecular formula is C36H38N6O4. The molecule has 46 heavy (non-hydrogen) atoms. The van der Waals surface area contributed by atoms with Gasteiger partial charge in [0.1, 0.15) is 6.61 Å². The van der Waals surface area contributed by atoms with Gasteiger partial charge in [0.05, 0.1) is 38.0 Å². The van der Waals surface area contributed by atoms with Gasteiger partial charge >= 0.3 is 6.09 Å². The fourth-order valence-electron chi connectivity index (χ4n) is 6.43. The molecule has 2 fully saturated rings. The average molecular weight is 619 g/mol. The molecule has 0 aliphatic carbocycles. The molecule has 0 spiro atoms. The van der Waals surface area contributed by atoms with Crippen LogP contribution in [-0.4, -0.2) is 80.5 Å². The van der Waals surface area contributed by atoms with Gasteiger partial charge in [0.2, 0.25) is 0 Å². The average Bonchev–Trinajstić information content (AvgIpc) is 3.74. The van der Waals surface area contributed by atoms with Crippen molar-refractivity contribution in [2.75, 3.05) is 39.4 Å². The van der Waals surface area contributed by atoms with Crippen molar-refractivity contribution in [2.24, 2.45) is 5.92 Å². The van der Waals surface area contributed by atoms with Crippen LogP contribution in [0.3, 0.4) is 0 Å². The third-order valence-corrected chi connectivity index (χ3v) is 9.00. The fourth-order valence-corrected chi connectivity index (χ4v) is 6.43. The van der Waals surface area contributed by atoms with Gasteiger partial charge in [-0.3, -0.25) is 9.48 Å². The van der Waals surface area contributed by atoms with E-state index in [0.29, 0.717) is 57.5 Å². The third-order valence-electron chi connectivity index (χ3n) is 9.00. The van der Waals surface area contributed by atoms with Gasteiger partial charge in [-0.15, -0.1) is 0 Å². The van der Waals surface area contributed by atoms with Crippen LogP contribution in [-0.2, 0) is 29.2 Å². The molecule has 10 nitrogen and oxygen atoms in total. The molecule has 2 aliphatic rings. The van der Waals surface area contributed by atoms with E-state index < -0.39 is 0 Å². The van der Waals surface area contributed by atoms with Gasteiger partial charge in [-0.25, -0.2) is 9.78 Å². The Morgan fingerprint density at radius 3 is 2.43 bits per heavy atom. The Kier molecular flexibility index (Phi) is 8.78. The topological polar surface area (TPSA) is 94.7 Å². The number of likely N-dealkylation sites (tertiary alicyclic amines) is 1. The number of hydrogen-bond donors (Lipinski definition) is 0. The summed E-state index contributed by atoms with van der Waals surface area (Å²) in [6.07, 6.45) is 7.26. The van der Waals surface area contributed by atoms with Crippen molar-refractivity contribution in [3.05, 3.63) is 108 Å². The molecule has 0 unspecified atom stereocenters. The van der Waals surface area contributed by atoms with Crippen LogP contribution in [0.15, 0.2) is 91.5 Å². The number of amides is 2. The van der Waals surface area contributed by atoms with Crippen LogP contribution in [0.5, 0.6) is 0 Å².